The Balaban J connectivity index is 1.19. The third-order valence-electron chi connectivity index (χ3n) is 9.78. The van der Waals surface area contributed by atoms with E-state index in [9.17, 15) is 0 Å². The first kappa shape index (κ1) is 25.1. The summed E-state index contributed by atoms with van der Waals surface area (Å²) in [6.07, 6.45) is 0. The van der Waals surface area contributed by atoms with E-state index >= 15 is 0 Å². The van der Waals surface area contributed by atoms with Crippen LogP contribution in [0, 0.1) is 0 Å². The van der Waals surface area contributed by atoms with E-state index in [1.165, 1.54) is 49.2 Å². The molecule has 47 heavy (non-hydrogen) atoms. The lowest BCUT2D eigenvalue weighted by atomic mass is 9.84. The summed E-state index contributed by atoms with van der Waals surface area (Å²) >= 11 is 0. The van der Waals surface area contributed by atoms with E-state index < -0.39 is 0 Å². The first-order valence-corrected chi connectivity index (χ1v) is 16.1. The molecular formula is C46H28O. The minimum atomic E-state index is 0.548. The van der Waals surface area contributed by atoms with E-state index in [4.69, 9.17) is 5.79 Å². The number of rotatable bonds is 3. The van der Waals surface area contributed by atoms with Crippen LogP contribution in [0.2, 0.25) is 0 Å². The lowest BCUT2D eigenvalue weighted by Gasteiger charge is -2.19. The highest BCUT2D eigenvalue weighted by Gasteiger charge is 2.19. The third-order valence-corrected chi connectivity index (χ3v) is 9.78. The lowest BCUT2D eigenvalue weighted by Crippen LogP contribution is -1.91. The van der Waals surface area contributed by atoms with Gasteiger partial charge in [-0.1, -0.05) is 158 Å². The molecule has 0 aliphatic carbocycles. The Bertz CT molecular complexity index is 2840. The smallest absolute Gasteiger partial charge is 0.143 e. The molecule has 0 fully saturated rings. The highest BCUT2D eigenvalue weighted by Crippen LogP contribution is 2.46. The Hall–Kier alpha value is -6.18. The van der Waals surface area contributed by atoms with E-state index in [2.05, 4.69) is 152 Å². The van der Waals surface area contributed by atoms with Gasteiger partial charge in [-0.2, -0.15) is 0 Å². The van der Waals surface area contributed by atoms with Crippen molar-refractivity contribution in [1.82, 2.24) is 0 Å². The molecule has 0 saturated heterocycles. The number of furan rings is 1. The SMILES string of the molecule is [2H]c1ccc(-c2c3ccccc3c(-c3ccc(-c4cccc5oc6c7ccccc7ccc6c45)cc3)c3ccccc23)c2ccccc12. The van der Waals surface area contributed by atoms with Crippen LogP contribution < -0.4 is 0 Å². The molecule has 0 unspecified atom stereocenters. The lowest BCUT2D eigenvalue weighted by molar-refractivity contribution is 0.673. The first-order chi connectivity index (χ1) is 23.7. The van der Waals surface area contributed by atoms with Crippen LogP contribution >= 0.6 is 0 Å². The van der Waals surface area contributed by atoms with Gasteiger partial charge in [-0.3, -0.25) is 0 Å². The molecule has 0 bridgehead atoms. The molecule has 1 nitrogen and oxygen atoms in total. The monoisotopic (exact) mass is 597 g/mol. The van der Waals surface area contributed by atoms with Crippen molar-refractivity contribution in [2.45, 2.75) is 0 Å². The Morgan fingerprint density at radius 3 is 1.66 bits per heavy atom. The van der Waals surface area contributed by atoms with Crippen LogP contribution in [0.4, 0.5) is 0 Å². The molecule has 1 heteroatoms. The van der Waals surface area contributed by atoms with Crippen molar-refractivity contribution in [2.24, 2.45) is 0 Å². The van der Waals surface area contributed by atoms with Crippen molar-refractivity contribution >= 4 is 65.0 Å². The third kappa shape index (κ3) is 3.90. The van der Waals surface area contributed by atoms with E-state index in [0.717, 1.165) is 49.2 Å². The van der Waals surface area contributed by atoms with Crippen LogP contribution in [-0.2, 0) is 0 Å². The zero-order chi connectivity index (χ0) is 31.8. The summed E-state index contributed by atoms with van der Waals surface area (Å²) in [4.78, 5) is 0. The largest absolute Gasteiger partial charge is 0.455 e. The van der Waals surface area contributed by atoms with Crippen molar-refractivity contribution in [1.29, 1.82) is 0 Å². The average molecular weight is 598 g/mol. The van der Waals surface area contributed by atoms with Crippen LogP contribution in [-0.4, -0.2) is 0 Å². The molecule has 9 aromatic carbocycles. The van der Waals surface area contributed by atoms with Gasteiger partial charge in [0.1, 0.15) is 11.2 Å². The quantitative estimate of drug-likeness (QED) is 0.185. The topological polar surface area (TPSA) is 13.1 Å². The fourth-order valence-corrected chi connectivity index (χ4v) is 7.71. The van der Waals surface area contributed by atoms with Gasteiger partial charge in [0.05, 0.1) is 1.37 Å². The fourth-order valence-electron chi connectivity index (χ4n) is 7.71. The standard InChI is InChI=1S/C46H28O/c1-3-14-33-29(11-1)13-9-21-36(33)44-39-18-7-5-16-37(39)43(38-17-6-8-19-40(38)44)32-25-23-31(24-26-32)34-20-10-22-42-45(34)41-28-27-30-12-2-4-15-35(30)46(41)47-42/h1-28H/i13D. The maximum Gasteiger partial charge on any atom is 0.143 e. The molecule has 1 heterocycles. The van der Waals surface area contributed by atoms with Crippen molar-refractivity contribution in [3.63, 3.8) is 0 Å². The van der Waals surface area contributed by atoms with Gasteiger partial charge in [-0.05, 0) is 83.2 Å². The van der Waals surface area contributed by atoms with Crippen LogP contribution in [0.3, 0.4) is 0 Å². The molecule has 0 N–H and O–H groups in total. The number of hydrogen-bond acceptors (Lipinski definition) is 1. The van der Waals surface area contributed by atoms with Crippen LogP contribution in [0.15, 0.2) is 174 Å². The summed E-state index contributed by atoms with van der Waals surface area (Å²) in [6, 6.07) is 58.6. The molecule has 10 rings (SSSR count). The van der Waals surface area contributed by atoms with Gasteiger partial charge in [0, 0.05) is 16.2 Å². The van der Waals surface area contributed by atoms with Crippen molar-refractivity contribution in [3.05, 3.63) is 170 Å². The molecule has 0 amide bonds. The van der Waals surface area contributed by atoms with E-state index in [1.807, 2.05) is 12.1 Å². The molecule has 1 aromatic heterocycles. The van der Waals surface area contributed by atoms with E-state index in [1.54, 1.807) is 0 Å². The van der Waals surface area contributed by atoms with Gasteiger partial charge in [-0.25, -0.2) is 0 Å². The van der Waals surface area contributed by atoms with Crippen molar-refractivity contribution in [2.75, 3.05) is 0 Å². The summed E-state index contributed by atoms with van der Waals surface area (Å²) in [5.74, 6) is 0. The van der Waals surface area contributed by atoms with Crippen LogP contribution in [0.5, 0.6) is 0 Å². The highest BCUT2D eigenvalue weighted by atomic mass is 16.3. The summed E-state index contributed by atoms with van der Waals surface area (Å²) in [7, 11) is 0. The molecule has 0 aliphatic heterocycles. The highest BCUT2D eigenvalue weighted by molar-refractivity contribution is 6.24. The van der Waals surface area contributed by atoms with Crippen LogP contribution in [0.1, 0.15) is 1.37 Å². The normalized spacial score (nSPS) is 12.1. The molecular weight excluding hydrogens is 569 g/mol. The molecule has 0 aliphatic rings. The summed E-state index contributed by atoms with van der Waals surface area (Å²) in [6.45, 7) is 0. The zero-order valence-corrected chi connectivity index (χ0v) is 25.5. The minimum Gasteiger partial charge on any atom is -0.455 e. The molecule has 0 spiro atoms. The fraction of sp³-hybridized carbons (Fsp3) is 0. The van der Waals surface area contributed by atoms with Crippen LogP contribution in [0.25, 0.3) is 98.4 Å². The van der Waals surface area contributed by atoms with Gasteiger partial charge >= 0.3 is 0 Å². The van der Waals surface area contributed by atoms with E-state index in [-0.39, 0.29) is 0 Å². The van der Waals surface area contributed by atoms with Gasteiger partial charge in [0.15, 0.2) is 0 Å². The maximum absolute atomic E-state index is 8.58. The van der Waals surface area contributed by atoms with Gasteiger partial charge in [0.25, 0.3) is 0 Å². The van der Waals surface area contributed by atoms with Gasteiger partial charge < -0.3 is 4.42 Å². The van der Waals surface area contributed by atoms with Crippen molar-refractivity contribution in [3.8, 4) is 33.4 Å². The second kappa shape index (κ2) is 10.2. The maximum atomic E-state index is 8.58. The number of hydrogen-bond donors (Lipinski definition) is 0. The predicted molar refractivity (Wildman–Crippen MR) is 200 cm³/mol. The molecule has 0 saturated carbocycles. The minimum absolute atomic E-state index is 0.548. The molecule has 10 aromatic rings. The average Bonchev–Trinajstić information content (AvgIpc) is 3.54. The zero-order valence-electron chi connectivity index (χ0n) is 26.5. The second-order valence-corrected chi connectivity index (χ2v) is 12.3. The molecule has 0 atom stereocenters. The van der Waals surface area contributed by atoms with E-state index in [0.29, 0.717) is 6.04 Å². The van der Waals surface area contributed by atoms with Gasteiger partial charge in [-0.15, -0.1) is 0 Å². The Morgan fingerprint density at radius 1 is 0.362 bits per heavy atom. The Kier molecular flexibility index (Phi) is 5.42. The number of fused-ring (bicyclic) bond motifs is 8. The molecule has 218 valence electrons. The summed E-state index contributed by atoms with van der Waals surface area (Å²) in [5, 5.41) is 11.5. The summed E-state index contributed by atoms with van der Waals surface area (Å²) < 4.78 is 15.1. The Labute approximate surface area is 273 Å². The Morgan fingerprint density at radius 2 is 0.936 bits per heavy atom. The number of benzene rings is 9. The molecule has 0 radical (unpaired) electrons. The first-order valence-electron chi connectivity index (χ1n) is 16.6. The van der Waals surface area contributed by atoms with Crippen molar-refractivity contribution < 1.29 is 5.79 Å². The second-order valence-electron chi connectivity index (χ2n) is 12.3. The predicted octanol–water partition coefficient (Wildman–Crippen LogP) is 13.2. The summed E-state index contributed by atoms with van der Waals surface area (Å²) in [5.41, 5.74) is 8.95. The van der Waals surface area contributed by atoms with Gasteiger partial charge in [0.2, 0.25) is 0 Å².